The smallest absolute Gasteiger partial charge is 0.116 e. The van der Waals surface area contributed by atoms with Crippen LogP contribution >= 0.6 is 11.8 Å². The zero-order valence-corrected chi connectivity index (χ0v) is 7.08. The number of rotatable bonds is 0. The maximum Gasteiger partial charge on any atom is 0.116 e. The minimum atomic E-state index is 0.296. The van der Waals surface area contributed by atoms with Gasteiger partial charge in [0.05, 0.1) is 0 Å². The Kier molecular flexibility index (Phi) is 1.87. The highest BCUT2D eigenvalue weighted by atomic mass is 32.2. The van der Waals surface area contributed by atoms with Gasteiger partial charge < -0.3 is 5.11 Å². The topological polar surface area (TPSA) is 32.6 Å². The Balaban J connectivity index is 2.53. The normalized spacial score (nSPS) is 14.0. The van der Waals surface area contributed by atoms with E-state index in [1.165, 1.54) is 0 Å². The van der Waals surface area contributed by atoms with E-state index in [-0.39, 0.29) is 0 Å². The summed E-state index contributed by atoms with van der Waals surface area (Å²) >= 11 is 1.56. The summed E-state index contributed by atoms with van der Waals surface area (Å²) in [5.74, 6) is 0.296. The van der Waals surface area contributed by atoms with E-state index >= 15 is 0 Å². The predicted octanol–water partition coefficient (Wildman–Crippen LogP) is 2.39. The third kappa shape index (κ3) is 1.36. The molecule has 0 unspecified atom stereocenters. The van der Waals surface area contributed by atoms with Crippen LogP contribution < -0.4 is 0 Å². The summed E-state index contributed by atoms with van der Waals surface area (Å²) in [6, 6.07) is 5.26. The van der Waals surface area contributed by atoms with E-state index in [9.17, 15) is 5.11 Å². The van der Waals surface area contributed by atoms with Gasteiger partial charge in [0.25, 0.3) is 0 Å². The molecule has 0 saturated heterocycles. The molecule has 1 heterocycles. The second-order valence-corrected chi connectivity index (χ2v) is 3.35. The van der Waals surface area contributed by atoms with Gasteiger partial charge in [-0.25, -0.2) is 0 Å². The van der Waals surface area contributed by atoms with E-state index in [2.05, 4.69) is 4.99 Å². The summed E-state index contributed by atoms with van der Waals surface area (Å²) in [4.78, 5) is 5.07. The minimum absolute atomic E-state index is 0.296. The lowest BCUT2D eigenvalue weighted by Crippen LogP contribution is -1.82. The minimum Gasteiger partial charge on any atom is -0.508 e. The molecule has 0 atom stereocenters. The molecule has 0 saturated carbocycles. The molecule has 0 bridgehead atoms. The molecule has 3 heteroatoms. The lowest BCUT2D eigenvalue weighted by Gasteiger charge is -2.00. The molecule has 1 aromatic carbocycles. The average molecular weight is 177 g/mol. The third-order valence-electron chi connectivity index (χ3n) is 1.55. The van der Waals surface area contributed by atoms with Gasteiger partial charge in [0, 0.05) is 22.9 Å². The molecule has 1 aliphatic heterocycles. The van der Waals surface area contributed by atoms with Crippen molar-refractivity contribution in [1.29, 1.82) is 0 Å². The van der Waals surface area contributed by atoms with Crippen LogP contribution in [0.25, 0.3) is 0 Å². The number of aliphatic imine (C=N–C) groups is 1. The van der Waals surface area contributed by atoms with E-state index in [1.807, 2.05) is 11.5 Å². The summed E-state index contributed by atoms with van der Waals surface area (Å²) < 4.78 is 0. The summed E-state index contributed by atoms with van der Waals surface area (Å²) in [5, 5.41) is 11.1. The van der Waals surface area contributed by atoms with Crippen molar-refractivity contribution in [1.82, 2.24) is 0 Å². The number of fused-ring (bicyclic) bond motifs is 1. The van der Waals surface area contributed by atoms with Gasteiger partial charge in [-0.15, -0.1) is 0 Å². The molecule has 2 rings (SSSR count). The second kappa shape index (κ2) is 3.03. The monoisotopic (exact) mass is 177 g/mol. The lowest BCUT2D eigenvalue weighted by atomic mass is 10.2. The van der Waals surface area contributed by atoms with Crippen molar-refractivity contribution in [3.8, 4) is 5.75 Å². The van der Waals surface area contributed by atoms with Crippen LogP contribution in [0.5, 0.6) is 5.75 Å². The largest absolute Gasteiger partial charge is 0.508 e. The number of nitrogens with zero attached hydrogens (tertiary/aromatic N) is 1. The van der Waals surface area contributed by atoms with E-state index in [1.54, 1.807) is 36.3 Å². The first-order valence-corrected chi connectivity index (χ1v) is 4.42. The fraction of sp³-hybridized carbons (Fsp3) is 0. The molecule has 2 nitrogen and oxygen atoms in total. The van der Waals surface area contributed by atoms with Crippen molar-refractivity contribution >= 4 is 18.0 Å². The van der Waals surface area contributed by atoms with Gasteiger partial charge in [-0.1, -0.05) is 11.8 Å². The number of hydrogen-bond acceptors (Lipinski definition) is 3. The highest BCUT2D eigenvalue weighted by Gasteiger charge is 2.02. The van der Waals surface area contributed by atoms with Gasteiger partial charge in [-0.3, -0.25) is 4.99 Å². The number of hydrogen-bond donors (Lipinski definition) is 1. The van der Waals surface area contributed by atoms with Crippen LogP contribution in [0.2, 0.25) is 0 Å². The van der Waals surface area contributed by atoms with Crippen molar-refractivity contribution in [2.24, 2.45) is 4.99 Å². The zero-order chi connectivity index (χ0) is 8.39. The average Bonchev–Trinajstić information content (AvgIpc) is 2.28. The molecular formula is C9H7NOS. The molecule has 0 aromatic heterocycles. The second-order valence-electron chi connectivity index (χ2n) is 2.40. The van der Waals surface area contributed by atoms with Crippen LogP contribution in [-0.4, -0.2) is 11.3 Å². The van der Waals surface area contributed by atoms with Gasteiger partial charge in [-0.2, -0.15) is 0 Å². The maximum atomic E-state index is 9.20. The molecular weight excluding hydrogens is 170 g/mol. The molecule has 0 spiro atoms. The molecule has 0 radical (unpaired) electrons. The first-order valence-electron chi connectivity index (χ1n) is 3.54. The molecule has 1 N–H and O–H groups in total. The Morgan fingerprint density at radius 2 is 2.25 bits per heavy atom. The van der Waals surface area contributed by atoms with Crippen LogP contribution in [0.1, 0.15) is 5.56 Å². The standard InChI is InChI=1S/C9H7NOS/c11-8-2-1-7-6-10-3-4-12-9(7)5-8/h1-6,11H. The Hall–Kier alpha value is -1.22. The number of aromatic hydroxyl groups is 1. The van der Waals surface area contributed by atoms with Crippen molar-refractivity contribution in [2.45, 2.75) is 4.90 Å². The van der Waals surface area contributed by atoms with E-state index < -0.39 is 0 Å². The summed E-state index contributed by atoms with van der Waals surface area (Å²) in [6.45, 7) is 0. The SMILES string of the molecule is Oc1ccc2c(c1)SC=CN=C2. The zero-order valence-electron chi connectivity index (χ0n) is 6.27. The molecule has 60 valence electrons. The third-order valence-corrected chi connectivity index (χ3v) is 2.42. The molecule has 0 amide bonds. The van der Waals surface area contributed by atoms with Crippen LogP contribution in [-0.2, 0) is 0 Å². The van der Waals surface area contributed by atoms with E-state index in [0.717, 1.165) is 10.5 Å². The lowest BCUT2D eigenvalue weighted by molar-refractivity contribution is 0.474. The fourth-order valence-corrected chi connectivity index (χ4v) is 1.72. The molecule has 12 heavy (non-hydrogen) atoms. The Morgan fingerprint density at radius 1 is 1.33 bits per heavy atom. The summed E-state index contributed by atoms with van der Waals surface area (Å²) in [7, 11) is 0. The van der Waals surface area contributed by atoms with Crippen molar-refractivity contribution in [2.75, 3.05) is 0 Å². The molecule has 1 aromatic rings. The van der Waals surface area contributed by atoms with Gasteiger partial charge in [0.1, 0.15) is 5.75 Å². The van der Waals surface area contributed by atoms with E-state index in [4.69, 9.17) is 0 Å². The Bertz CT molecular complexity index is 358. The number of phenols is 1. The highest BCUT2D eigenvalue weighted by molar-refractivity contribution is 8.02. The molecule has 0 aliphatic carbocycles. The summed E-state index contributed by atoms with van der Waals surface area (Å²) in [5.41, 5.74) is 1.04. The van der Waals surface area contributed by atoms with Crippen molar-refractivity contribution in [3.05, 3.63) is 35.4 Å². The quantitative estimate of drug-likeness (QED) is 0.660. The highest BCUT2D eigenvalue weighted by Crippen LogP contribution is 2.27. The van der Waals surface area contributed by atoms with Crippen LogP contribution in [0.15, 0.2) is 39.7 Å². The predicted molar refractivity (Wildman–Crippen MR) is 50.7 cm³/mol. The maximum absolute atomic E-state index is 9.20. The fourth-order valence-electron chi connectivity index (χ4n) is 0.994. The molecule has 1 aliphatic rings. The van der Waals surface area contributed by atoms with Crippen molar-refractivity contribution < 1.29 is 5.11 Å². The number of thioether (sulfide) groups is 1. The Labute approximate surface area is 74.6 Å². The van der Waals surface area contributed by atoms with Crippen LogP contribution in [0.4, 0.5) is 0 Å². The van der Waals surface area contributed by atoms with Gasteiger partial charge >= 0.3 is 0 Å². The van der Waals surface area contributed by atoms with Crippen LogP contribution in [0, 0.1) is 0 Å². The Morgan fingerprint density at radius 3 is 3.17 bits per heavy atom. The summed E-state index contributed by atoms with van der Waals surface area (Å²) in [6.07, 6.45) is 3.52. The first kappa shape index (κ1) is 7.43. The number of phenolic OH excluding ortho intramolecular Hbond substituents is 1. The number of benzene rings is 1. The van der Waals surface area contributed by atoms with Gasteiger partial charge in [-0.05, 0) is 23.6 Å². The van der Waals surface area contributed by atoms with Gasteiger partial charge in [0.15, 0.2) is 0 Å². The van der Waals surface area contributed by atoms with E-state index in [0.29, 0.717) is 5.75 Å². The van der Waals surface area contributed by atoms with Gasteiger partial charge in [0.2, 0.25) is 0 Å². The first-order chi connectivity index (χ1) is 5.86. The molecule has 0 fully saturated rings. The van der Waals surface area contributed by atoms with Crippen LogP contribution in [0.3, 0.4) is 0 Å². The van der Waals surface area contributed by atoms with Crippen molar-refractivity contribution in [3.63, 3.8) is 0 Å².